The zero-order chi connectivity index (χ0) is 14.1. The molecule has 1 amide bonds. The number of aryl methyl sites for hydroxylation is 1. The highest BCUT2D eigenvalue weighted by atomic mass is 32.1. The summed E-state index contributed by atoms with van der Waals surface area (Å²) in [6.45, 7) is 1.89. The van der Waals surface area contributed by atoms with E-state index in [2.05, 4.69) is 5.32 Å². The van der Waals surface area contributed by atoms with Crippen LogP contribution in [-0.4, -0.2) is 5.91 Å². The number of nitrogens with one attached hydrogen (secondary N) is 1. The van der Waals surface area contributed by atoms with Crippen molar-refractivity contribution in [3.8, 4) is 0 Å². The number of anilines is 2. The van der Waals surface area contributed by atoms with Crippen molar-refractivity contribution in [1.29, 1.82) is 0 Å². The number of amides is 1. The van der Waals surface area contributed by atoms with Gasteiger partial charge in [0.05, 0.1) is 0 Å². The molecular weight excluding hydrogens is 268 g/mol. The third kappa shape index (κ3) is 2.38. The van der Waals surface area contributed by atoms with Crippen LogP contribution >= 0.6 is 11.3 Å². The van der Waals surface area contributed by atoms with E-state index < -0.39 is 0 Å². The maximum atomic E-state index is 12.2. The second kappa shape index (κ2) is 4.98. The number of nitrogens with two attached hydrogens (primary N) is 1. The first-order valence-electron chi connectivity index (χ1n) is 6.28. The minimum Gasteiger partial charge on any atom is -0.399 e. The molecule has 0 aliphatic heterocycles. The molecule has 0 unspecified atom stereocenters. The molecule has 0 saturated heterocycles. The predicted octanol–water partition coefficient (Wildman–Crippen LogP) is 4.04. The van der Waals surface area contributed by atoms with Crippen LogP contribution in [0, 0.1) is 6.92 Å². The molecule has 0 saturated carbocycles. The van der Waals surface area contributed by atoms with Crippen molar-refractivity contribution in [1.82, 2.24) is 0 Å². The van der Waals surface area contributed by atoms with Crippen molar-refractivity contribution >= 4 is 38.7 Å². The average molecular weight is 282 g/mol. The molecule has 1 aromatic heterocycles. The third-order valence-corrected chi connectivity index (χ3v) is 4.14. The number of rotatable bonds is 2. The maximum Gasteiger partial charge on any atom is 0.255 e. The van der Waals surface area contributed by atoms with Gasteiger partial charge >= 0.3 is 0 Å². The zero-order valence-electron chi connectivity index (χ0n) is 11.0. The molecule has 3 rings (SSSR count). The van der Waals surface area contributed by atoms with Crippen LogP contribution in [0.1, 0.15) is 15.9 Å². The van der Waals surface area contributed by atoms with Gasteiger partial charge < -0.3 is 11.1 Å². The van der Waals surface area contributed by atoms with Gasteiger partial charge in [0.2, 0.25) is 0 Å². The normalized spacial score (nSPS) is 10.7. The molecule has 0 aliphatic rings. The van der Waals surface area contributed by atoms with E-state index in [0.717, 1.165) is 16.6 Å². The Morgan fingerprint density at radius 3 is 2.80 bits per heavy atom. The van der Waals surface area contributed by atoms with E-state index in [1.807, 2.05) is 36.6 Å². The van der Waals surface area contributed by atoms with E-state index in [0.29, 0.717) is 11.3 Å². The van der Waals surface area contributed by atoms with Crippen LogP contribution in [0.4, 0.5) is 11.4 Å². The van der Waals surface area contributed by atoms with Gasteiger partial charge in [0, 0.05) is 21.6 Å². The van der Waals surface area contributed by atoms with Crippen molar-refractivity contribution in [2.45, 2.75) is 6.92 Å². The molecule has 3 N–H and O–H groups in total. The van der Waals surface area contributed by atoms with Crippen LogP contribution in [-0.2, 0) is 0 Å². The Labute approximate surface area is 121 Å². The van der Waals surface area contributed by atoms with Crippen LogP contribution in [0.5, 0.6) is 0 Å². The third-order valence-electron chi connectivity index (χ3n) is 3.24. The molecule has 0 fully saturated rings. The Bertz CT molecular complexity index is 792. The second-order valence-electron chi connectivity index (χ2n) is 4.70. The van der Waals surface area contributed by atoms with E-state index in [4.69, 9.17) is 5.73 Å². The number of hydrogen-bond acceptors (Lipinski definition) is 3. The zero-order valence-corrected chi connectivity index (χ0v) is 11.8. The van der Waals surface area contributed by atoms with Crippen LogP contribution in [0.25, 0.3) is 10.1 Å². The largest absolute Gasteiger partial charge is 0.399 e. The SMILES string of the molecule is Cc1cc(C(=O)Nc2ccc3sccc3c2)ccc1N. The Morgan fingerprint density at radius 2 is 2.00 bits per heavy atom. The summed E-state index contributed by atoms with van der Waals surface area (Å²) in [6.07, 6.45) is 0. The molecule has 4 heteroatoms. The molecule has 0 radical (unpaired) electrons. The van der Waals surface area contributed by atoms with Crippen molar-refractivity contribution in [2.24, 2.45) is 0 Å². The number of nitrogen functional groups attached to an aromatic ring is 1. The molecule has 0 aliphatic carbocycles. The summed E-state index contributed by atoms with van der Waals surface area (Å²) >= 11 is 1.69. The average Bonchev–Trinajstić information content (AvgIpc) is 2.89. The fourth-order valence-electron chi connectivity index (χ4n) is 2.06. The van der Waals surface area contributed by atoms with E-state index in [1.165, 1.54) is 4.70 Å². The summed E-state index contributed by atoms with van der Waals surface area (Å²) in [5, 5.41) is 6.09. The lowest BCUT2D eigenvalue weighted by Gasteiger charge is -2.07. The van der Waals surface area contributed by atoms with Gasteiger partial charge in [0.1, 0.15) is 0 Å². The highest BCUT2D eigenvalue weighted by Crippen LogP contribution is 2.24. The van der Waals surface area contributed by atoms with Gasteiger partial charge in [-0.1, -0.05) is 0 Å². The summed E-state index contributed by atoms with van der Waals surface area (Å²) in [5.74, 6) is -0.123. The van der Waals surface area contributed by atoms with Crippen LogP contribution in [0.2, 0.25) is 0 Å². The Balaban J connectivity index is 1.85. The lowest BCUT2D eigenvalue weighted by atomic mass is 10.1. The fraction of sp³-hybridized carbons (Fsp3) is 0.0625. The highest BCUT2D eigenvalue weighted by molar-refractivity contribution is 7.17. The first-order chi connectivity index (χ1) is 9.63. The first kappa shape index (κ1) is 12.7. The van der Waals surface area contributed by atoms with Gasteiger partial charge in [-0.05, 0) is 65.7 Å². The predicted molar refractivity (Wildman–Crippen MR) is 85.4 cm³/mol. The summed E-state index contributed by atoms with van der Waals surface area (Å²) in [6, 6.07) is 13.3. The second-order valence-corrected chi connectivity index (χ2v) is 5.65. The molecule has 0 bridgehead atoms. The molecular formula is C16H14N2OS. The number of fused-ring (bicyclic) bond motifs is 1. The van der Waals surface area contributed by atoms with Crippen LogP contribution in [0.3, 0.4) is 0 Å². The molecule has 0 spiro atoms. The van der Waals surface area contributed by atoms with Crippen molar-refractivity contribution in [2.75, 3.05) is 11.1 Å². The summed E-state index contributed by atoms with van der Waals surface area (Å²) in [5.41, 5.74) is 8.78. The monoisotopic (exact) mass is 282 g/mol. The van der Waals surface area contributed by atoms with Crippen LogP contribution in [0.15, 0.2) is 47.8 Å². The summed E-state index contributed by atoms with van der Waals surface area (Å²) in [4.78, 5) is 12.2. The number of carbonyl (C=O) groups excluding carboxylic acids is 1. The molecule has 20 heavy (non-hydrogen) atoms. The Hall–Kier alpha value is -2.33. The van der Waals surface area contributed by atoms with Gasteiger partial charge in [0.15, 0.2) is 0 Å². The van der Waals surface area contributed by atoms with Gasteiger partial charge in [-0.15, -0.1) is 11.3 Å². The van der Waals surface area contributed by atoms with E-state index in [9.17, 15) is 4.79 Å². The molecule has 1 heterocycles. The lowest BCUT2D eigenvalue weighted by Crippen LogP contribution is -2.12. The number of thiophene rings is 1. The number of carbonyl (C=O) groups is 1. The smallest absolute Gasteiger partial charge is 0.255 e. The van der Waals surface area contributed by atoms with E-state index >= 15 is 0 Å². The van der Waals surface area contributed by atoms with E-state index in [1.54, 1.807) is 29.5 Å². The summed E-state index contributed by atoms with van der Waals surface area (Å²) in [7, 11) is 0. The molecule has 0 atom stereocenters. The van der Waals surface area contributed by atoms with E-state index in [-0.39, 0.29) is 5.91 Å². The van der Waals surface area contributed by atoms with Gasteiger partial charge in [-0.3, -0.25) is 4.79 Å². The minimum atomic E-state index is -0.123. The Morgan fingerprint density at radius 1 is 1.15 bits per heavy atom. The fourth-order valence-corrected chi connectivity index (χ4v) is 2.84. The summed E-state index contributed by atoms with van der Waals surface area (Å²) < 4.78 is 1.21. The highest BCUT2D eigenvalue weighted by Gasteiger charge is 2.08. The van der Waals surface area contributed by atoms with Crippen LogP contribution < -0.4 is 11.1 Å². The lowest BCUT2D eigenvalue weighted by molar-refractivity contribution is 0.102. The first-order valence-corrected chi connectivity index (χ1v) is 7.16. The molecule has 3 nitrogen and oxygen atoms in total. The van der Waals surface area contributed by atoms with Gasteiger partial charge in [-0.2, -0.15) is 0 Å². The standard InChI is InChI=1S/C16H14N2OS/c1-10-8-12(2-4-14(10)17)16(19)18-13-3-5-15-11(9-13)6-7-20-15/h2-9H,17H2,1H3,(H,18,19). The van der Waals surface area contributed by atoms with Crippen molar-refractivity contribution < 1.29 is 4.79 Å². The van der Waals surface area contributed by atoms with Crippen molar-refractivity contribution in [3.63, 3.8) is 0 Å². The molecule has 2 aromatic carbocycles. The maximum absolute atomic E-state index is 12.2. The molecule has 100 valence electrons. The van der Waals surface area contributed by atoms with Gasteiger partial charge in [0.25, 0.3) is 5.91 Å². The molecule has 3 aromatic rings. The number of hydrogen-bond donors (Lipinski definition) is 2. The van der Waals surface area contributed by atoms with Gasteiger partial charge in [-0.25, -0.2) is 0 Å². The quantitative estimate of drug-likeness (QED) is 0.697. The topological polar surface area (TPSA) is 55.1 Å². The number of benzene rings is 2. The minimum absolute atomic E-state index is 0.123. The Kier molecular flexibility index (Phi) is 3.16. The van der Waals surface area contributed by atoms with Crippen molar-refractivity contribution in [3.05, 3.63) is 59.0 Å².